The summed E-state index contributed by atoms with van der Waals surface area (Å²) in [5, 5.41) is 6.88. The molecule has 0 aliphatic carbocycles. The van der Waals surface area contributed by atoms with Crippen LogP contribution in [0.4, 0.5) is 5.69 Å². The van der Waals surface area contributed by atoms with Crippen molar-refractivity contribution in [2.45, 2.75) is 19.9 Å². The first-order valence-corrected chi connectivity index (χ1v) is 6.96. The number of nitrogens with zero attached hydrogens (tertiary/aromatic N) is 5. The first-order valence-electron chi connectivity index (χ1n) is 6.96. The van der Waals surface area contributed by atoms with Crippen molar-refractivity contribution in [1.82, 2.24) is 24.3 Å². The highest BCUT2D eigenvalue weighted by Crippen LogP contribution is 2.11. The van der Waals surface area contributed by atoms with E-state index in [9.17, 15) is 4.79 Å². The van der Waals surface area contributed by atoms with E-state index in [2.05, 4.69) is 20.4 Å². The second kappa shape index (κ2) is 6.21. The van der Waals surface area contributed by atoms with Gasteiger partial charge in [0.2, 0.25) is 5.91 Å². The zero-order valence-corrected chi connectivity index (χ0v) is 12.2. The lowest BCUT2D eigenvalue weighted by molar-refractivity contribution is -0.116. The van der Waals surface area contributed by atoms with Gasteiger partial charge in [0.05, 0.1) is 11.9 Å². The smallest absolute Gasteiger partial charge is 0.226 e. The molecular formula is C15H16N6O. The number of nitrogens with one attached hydrogen (secondary N) is 1. The lowest BCUT2D eigenvalue weighted by atomic mass is 10.3. The lowest BCUT2D eigenvalue weighted by Crippen LogP contribution is -2.15. The third kappa shape index (κ3) is 3.20. The van der Waals surface area contributed by atoms with Crippen LogP contribution in [-0.2, 0) is 11.3 Å². The van der Waals surface area contributed by atoms with Crippen molar-refractivity contribution in [3.8, 4) is 5.82 Å². The summed E-state index contributed by atoms with van der Waals surface area (Å²) in [6, 6.07) is 5.50. The topological polar surface area (TPSA) is 77.6 Å². The number of imidazole rings is 1. The van der Waals surface area contributed by atoms with Crippen LogP contribution in [0.5, 0.6) is 0 Å². The maximum Gasteiger partial charge on any atom is 0.226 e. The van der Waals surface area contributed by atoms with Crippen LogP contribution in [0.1, 0.15) is 12.2 Å². The van der Waals surface area contributed by atoms with E-state index < -0.39 is 0 Å². The molecule has 0 aliphatic rings. The molecule has 22 heavy (non-hydrogen) atoms. The minimum atomic E-state index is -0.0659. The van der Waals surface area contributed by atoms with Gasteiger partial charge in [-0.15, -0.1) is 0 Å². The molecule has 0 spiro atoms. The van der Waals surface area contributed by atoms with Gasteiger partial charge in [0.15, 0.2) is 0 Å². The molecule has 7 nitrogen and oxygen atoms in total. The number of hydrogen-bond donors (Lipinski definition) is 1. The first kappa shape index (κ1) is 14.0. The SMILES string of the molecule is Cc1nccn1-c1ccc(NC(=O)CCn2cccn2)cn1. The Bertz CT molecular complexity index is 745. The Morgan fingerprint density at radius 3 is 2.77 bits per heavy atom. The summed E-state index contributed by atoms with van der Waals surface area (Å²) < 4.78 is 3.60. The van der Waals surface area contributed by atoms with Gasteiger partial charge < -0.3 is 5.32 Å². The van der Waals surface area contributed by atoms with Crippen LogP contribution in [0.15, 0.2) is 49.2 Å². The number of rotatable bonds is 5. The van der Waals surface area contributed by atoms with Gasteiger partial charge in [-0.3, -0.25) is 14.0 Å². The molecule has 0 fully saturated rings. The number of pyridine rings is 1. The van der Waals surface area contributed by atoms with Crippen molar-refractivity contribution in [2.24, 2.45) is 0 Å². The number of hydrogen-bond acceptors (Lipinski definition) is 4. The third-order valence-corrected chi connectivity index (χ3v) is 3.23. The molecule has 0 bridgehead atoms. The molecule has 0 saturated heterocycles. The summed E-state index contributed by atoms with van der Waals surface area (Å²) in [5.41, 5.74) is 0.673. The van der Waals surface area contributed by atoms with Crippen LogP contribution < -0.4 is 5.32 Å². The average molecular weight is 296 g/mol. The Labute approximate surface area is 127 Å². The predicted molar refractivity (Wildman–Crippen MR) is 81.6 cm³/mol. The molecule has 7 heteroatoms. The van der Waals surface area contributed by atoms with E-state index in [1.165, 1.54) is 0 Å². The standard InChI is InChI=1S/C15H16N6O/c1-12-16-7-10-21(12)14-4-3-13(11-17-14)19-15(22)5-9-20-8-2-6-18-20/h2-4,6-8,10-11H,5,9H2,1H3,(H,19,22). The normalized spacial score (nSPS) is 10.6. The second-order valence-electron chi connectivity index (χ2n) is 4.82. The Kier molecular flexibility index (Phi) is 3.95. The molecule has 3 aromatic rings. The number of aryl methyl sites for hydroxylation is 2. The monoisotopic (exact) mass is 296 g/mol. The molecule has 0 atom stereocenters. The molecule has 0 unspecified atom stereocenters. The molecule has 0 aliphatic heterocycles. The molecule has 1 amide bonds. The fourth-order valence-corrected chi connectivity index (χ4v) is 2.09. The van der Waals surface area contributed by atoms with Gasteiger partial charge in [0.1, 0.15) is 11.6 Å². The molecular weight excluding hydrogens is 280 g/mol. The van der Waals surface area contributed by atoms with E-state index in [1.807, 2.05) is 42.1 Å². The van der Waals surface area contributed by atoms with Crippen LogP contribution in [0.25, 0.3) is 5.82 Å². The van der Waals surface area contributed by atoms with Gasteiger partial charge in [-0.2, -0.15) is 5.10 Å². The fourth-order valence-electron chi connectivity index (χ4n) is 2.09. The van der Waals surface area contributed by atoms with Crippen molar-refractivity contribution in [2.75, 3.05) is 5.32 Å². The van der Waals surface area contributed by atoms with Crippen molar-refractivity contribution in [3.63, 3.8) is 0 Å². The van der Waals surface area contributed by atoms with Crippen molar-refractivity contribution >= 4 is 11.6 Å². The quantitative estimate of drug-likeness (QED) is 0.779. The maximum absolute atomic E-state index is 11.9. The highest BCUT2D eigenvalue weighted by atomic mass is 16.1. The predicted octanol–water partition coefficient (Wildman–Crippen LogP) is 1.80. The number of carbonyl (C=O) groups excluding carboxylic acids is 1. The molecule has 112 valence electrons. The fraction of sp³-hybridized carbons (Fsp3) is 0.200. The number of carbonyl (C=O) groups is 1. The van der Waals surface area contributed by atoms with Crippen molar-refractivity contribution in [3.05, 3.63) is 55.0 Å². The van der Waals surface area contributed by atoms with Gasteiger partial charge in [0.25, 0.3) is 0 Å². The van der Waals surface area contributed by atoms with Crippen LogP contribution in [0.2, 0.25) is 0 Å². The van der Waals surface area contributed by atoms with Crippen LogP contribution in [0.3, 0.4) is 0 Å². The largest absolute Gasteiger partial charge is 0.325 e. The van der Waals surface area contributed by atoms with E-state index in [0.29, 0.717) is 18.7 Å². The van der Waals surface area contributed by atoms with Gasteiger partial charge in [-0.25, -0.2) is 9.97 Å². The summed E-state index contributed by atoms with van der Waals surface area (Å²) in [7, 11) is 0. The third-order valence-electron chi connectivity index (χ3n) is 3.23. The first-order chi connectivity index (χ1) is 10.7. The van der Waals surface area contributed by atoms with Gasteiger partial charge in [-0.1, -0.05) is 0 Å². The Morgan fingerprint density at radius 1 is 1.23 bits per heavy atom. The number of anilines is 1. The van der Waals surface area contributed by atoms with Gasteiger partial charge in [0, 0.05) is 37.8 Å². The molecule has 1 N–H and O–H groups in total. The minimum absolute atomic E-state index is 0.0659. The molecule has 3 heterocycles. The van der Waals surface area contributed by atoms with Gasteiger partial charge >= 0.3 is 0 Å². The van der Waals surface area contributed by atoms with Gasteiger partial charge in [-0.05, 0) is 25.1 Å². The van der Waals surface area contributed by atoms with E-state index >= 15 is 0 Å². The molecule has 0 radical (unpaired) electrons. The Balaban J connectivity index is 1.59. The van der Waals surface area contributed by atoms with Crippen LogP contribution in [-0.4, -0.2) is 30.2 Å². The zero-order valence-electron chi connectivity index (χ0n) is 12.2. The summed E-state index contributed by atoms with van der Waals surface area (Å²) in [6.45, 7) is 2.46. The van der Waals surface area contributed by atoms with Crippen LogP contribution >= 0.6 is 0 Å². The summed E-state index contributed by atoms with van der Waals surface area (Å²) in [4.78, 5) is 20.4. The Morgan fingerprint density at radius 2 is 2.14 bits per heavy atom. The summed E-state index contributed by atoms with van der Waals surface area (Å²) in [6.07, 6.45) is 9.10. The summed E-state index contributed by atoms with van der Waals surface area (Å²) >= 11 is 0. The highest BCUT2D eigenvalue weighted by molar-refractivity contribution is 5.90. The molecule has 0 aromatic carbocycles. The number of aromatic nitrogens is 5. The lowest BCUT2D eigenvalue weighted by Gasteiger charge is -2.07. The molecule has 3 aromatic heterocycles. The molecule has 0 saturated carbocycles. The van der Waals surface area contributed by atoms with E-state index in [4.69, 9.17) is 0 Å². The van der Waals surface area contributed by atoms with E-state index in [1.54, 1.807) is 23.3 Å². The summed E-state index contributed by atoms with van der Waals surface area (Å²) in [5.74, 6) is 1.57. The highest BCUT2D eigenvalue weighted by Gasteiger charge is 2.05. The number of amides is 1. The van der Waals surface area contributed by atoms with Crippen molar-refractivity contribution in [1.29, 1.82) is 0 Å². The minimum Gasteiger partial charge on any atom is -0.325 e. The second-order valence-corrected chi connectivity index (χ2v) is 4.82. The molecule has 3 rings (SSSR count). The zero-order chi connectivity index (χ0) is 15.4. The van der Waals surface area contributed by atoms with Crippen molar-refractivity contribution < 1.29 is 4.79 Å². The average Bonchev–Trinajstić information content (AvgIpc) is 3.17. The van der Waals surface area contributed by atoms with E-state index in [0.717, 1.165) is 11.6 Å². The van der Waals surface area contributed by atoms with Crippen LogP contribution in [0, 0.1) is 6.92 Å². The Hall–Kier alpha value is -2.96. The van der Waals surface area contributed by atoms with E-state index in [-0.39, 0.29) is 5.91 Å². The maximum atomic E-state index is 11.9.